The molecule has 0 radical (unpaired) electrons. The van der Waals surface area contributed by atoms with Gasteiger partial charge in [-0.3, -0.25) is 0 Å². The summed E-state index contributed by atoms with van der Waals surface area (Å²) in [4.78, 5) is 9.34. The summed E-state index contributed by atoms with van der Waals surface area (Å²) in [5.41, 5.74) is 3.57. The number of hydrogen-bond donors (Lipinski definition) is 2. The first-order valence-corrected chi connectivity index (χ1v) is 10.7. The Bertz CT molecular complexity index is 959. The van der Waals surface area contributed by atoms with E-state index in [4.69, 9.17) is 14.8 Å². The Morgan fingerprint density at radius 3 is 2.79 bits per heavy atom. The molecule has 0 spiro atoms. The number of piperidine rings is 1. The summed E-state index contributed by atoms with van der Waals surface area (Å²) < 4.78 is 7.42. The molecular formula is C22H30N6O. The van der Waals surface area contributed by atoms with Gasteiger partial charge in [0.05, 0.1) is 19.0 Å². The summed E-state index contributed by atoms with van der Waals surface area (Å²) in [5.74, 6) is 2.22. The van der Waals surface area contributed by atoms with Crippen LogP contribution < -0.4 is 15.4 Å². The summed E-state index contributed by atoms with van der Waals surface area (Å²) in [6.45, 7) is 6.08. The van der Waals surface area contributed by atoms with E-state index in [0.29, 0.717) is 12.0 Å². The smallest absolute Gasteiger partial charge is 0.157 e. The summed E-state index contributed by atoms with van der Waals surface area (Å²) in [6, 6.07) is 8.46. The standard InChI is InChI=1S/C20H24N6O.C2H6/c1-27-17-10-19-22-12-16(26(19)25-20(17)13-7-8-13)15-5-2-6-18(24-15)23-14-4-3-9-21-11-14;1-2/h2,5-6,10,12-14,21H,3-4,7-9,11H2,1H3,(H,23,24);1-2H3. The number of pyridine rings is 1. The average Bonchev–Trinajstić information content (AvgIpc) is 3.54. The second-order valence-electron chi connectivity index (χ2n) is 7.38. The second-order valence-corrected chi connectivity index (χ2v) is 7.38. The van der Waals surface area contributed by atoms with Gasteiger partial charge in [-0.2, -0.15) is 5.10 Å². The van der Waals surface area contributed by atoms with Crippen LogP contribution in [-0.4, -0.2) is 45.8 Å². The minimum absolute atomic E-state index is 0.424. The lowest BCUT2D eigenvalue weighted by atomic mass is 10.1. The van der Waals surface area contributed by atoms with Crippen LogP contribution in [0, 0.1) is 0 Å². The SMILES string of the molecule is CC.COc1cc2ncc(-c3cccc(NC4CCCNC4)n3)n2nc1C1CC1. The quantitative estimate of drug-likeness (QED) is 0.684. The molecule has 1 saturated carbocycles. The number of aromatic nitrogens is 4. The number of fused-ring (bicyclic) bond motifs is 1. The predicted octanol–water partition coefficient (Wildman–Crippen LogP) is 3.87. The van der Waals surface area contributed by atoms with Gasteiger partial charge >= 0.3 is 0 Å². The van der Waals surface area contributed by atoms with Crippen LogP contribution in [0.3, 0.4) is 0 Å². The molecule has 154 valence electrons. The van der Waals surface area contributed by atoms with Crippen LogP contribution in [0.15, 0.2) is 30.5 Å². The molecule has 0 aromatic carbocycles. The van der Waals surface area contributed by atoms with Crippen LogP contribution in [0.25, 0.3) is 17.0 Å². The highest BCUT2D eigenvalue weighted by Gasteiger charge is 2.29. The highest BCUT2D eigenvalue weighted by Crippen LogP contribution is 2.43. The van der Waals surface area contributed by atoms with Crippen LogP contribution >= 0.6 is 0 Å². The molecule has 0 amide bonds. The first-order valence-electron chi connectivity index (χ1n) is 10.7. The summed E-state index contributed by atoms with van der Waals surface area (Å²) >= 11 is 0. The van der Waals surface area contributed by atoms with E-state index in [1.54, 1.807) is 7.11 Å². The largest absolute Gasteiger partial charge is 0.495 e. The zero-order valence-electron chi connectivity index (χ0n) is 17.5. The lowest BCUT2D eigenvalue weighted by Gasteiger charge is -2.24. The van der Waals surface area contributed by atoms with Crippen molar-refractivity contribution in [3.8, 4) is 17.1 Å². The van der Waals surface area contributed by atoms with Crippen LogP contribution in [0.4, 0.5) is 5.82 Å². The summed E-state index contributed by atoms with van der Waals surface area (Å²) in [7, 11) is 1.69. The molecule has 4 heterocycles. The van der Waals surface area contributed by atoms with Crippen LogP contribution in [0.5, 0.6) is 5.75 Å². The number of ether oxygens (including phenoxy) is 1. The van der Waals surface area contributed by atoms with E-state index >= 15 is 0 Å². The van der Waals surface area contributed by atoms with Gasteiger partial charge in [0.15, 0.2) is 5.65 Å². The van der Waals surface area contributed by atoms with E-state index in [0.717, 1.165) is 47.4 Å². The monoisotopic (exact) mass is 394 g/mol. The topological polar surface area (TPSA) is 76.4 Å². The van der Waals surface area contributed by atoms with E-state index < -0.39 is 0 Å². The lowest BCUT2D eigenvalue weighted by Crippen LogP contribution is -2.38. The number of nitrogens with zero attached hydrogens (tertiary/aromatic N) is 4. The highest BCUT2D eigenvalue weighted by molar-refractivity contribution is 5.62. The Morgan fingerprint density at radius 2 is 2.07 bits per heavy atom. The molecule has 1 aliphatic heterocycles. The van der Waals surface area contributed by atoms with Crippen LogP contribution in [0.1, 0.15) is 51.1 Å². The number of nitrogens with one attached hydrogen (secondary N) is 2. The third kappa shape index (κ3) is 4.19. The first kappa shape index (κ1) is 19.6. The molecule has 5 rings (SSSR count). The molecule has 1 atom stereocenters. The van der Waals surface area contributed by atoms with Gasteiger partial charge in [-0.15, -0.1) is 0 Å². The number of imidazole rings is 1. The number of hydrogen-bond acceptors (Lipinski definition) is 6. The molecule has 1 aliphatic carbocycles. The third-order valence-electron chi connectivity index (χ3n) is 5.33. The van der Waals surface area contributed by atoms with E-state index in [2.05, 4.69) is 15.6 Å². The third-order valence-corrected chi connectivity index (χ3v) is 5.33. The maximum Gasteiger partial charge on any atom is 0.157 e. The van der Waals surface area contributed by atoms with Crippen molar-refractivity contribution in [2.75, 3.05) is 25.5 Å². The van der Waals surface area contributed by atoms with E-state index in [9.17, 15) is 0 Å². The van der Waals surface area contributed by atoms with Crippen molar-refractivity contribution in [2.24, 2.45) is 0 Å². The van der Waals surface area contributed by atoms with Gasteiger partial charge in [0, 0.05) is 24.6 Å². The molecule has 2 fully saturated rings. The Balaban J connectivity index is 0.000000994. The van der Waals surface area contributed by atoms with Crippen LogP contribution in [0.2, 0.25) is 0 Å². The molecule has 2 N–H and O–H groups in total. The predicted molar refractivity (Wildman–Crippen MR) is 116 cm³/mol. The Kier molecular flexibility index (Phi) is 5.94. The van der Waals surface area contributed by atoms with Crippen molar-refractivity contribution in [1.82, 2.24) is 24.9 Å². The van der Waals surface area contributed by atoms with Gasteiger partial charge in [0.1, 0.15) is 23.0 Å². The summed E-state index contributed by atoms with van der Waals surface area (Å²) in [5, 5.41) is 11.8. The molecule has 0 bridgehead atoms. The normalized spacial score (nSPS) is 18.8. The zero-order chi connectivity index (χ0) is 20.2. The minimum atomic E-state index is 0.424. The van der Waals surface area contributed by atoms with Crippen molar-refractivity contribution in [3.63, 3.8) is 0 Å². The van der Waals surface area contributed by atoms with Gasteiger partial charge in [0.25, 0.3) is 0 Å². The molecule has 3 aromatic rings. The molecule has 7 nitrogen and oxygen atoms in total. The van der Waals surface area contributed by atoms with Crippen molar-refractivity contribution in [3.05, 3.63) is 36.2 Å². The van der Waals surface area contributed by atoms with Crippen molar-refractivity contribution in [1.29, 1.82) is 0 Å². The van der Waals surface area contributed by atoms with E-state index in [1.807, 2.05) is 48.8 Å². The maximum atomic E-state index is 5.53. The molecule has 2 aliphatic rings. The fraction of sp³-hybridized carbons (Fsp3) is 0.500. The van der Waals surface area contributed by atoms with Crippen LogP contribution in [-0.2, 0) is 0 Å². The van der Waals surface area contributed by atoms with Gasteiger partial charge in [-0.25, -0.2) is 14.5 Å². The van der Waals surface area contributed by atoms with Gasteiger partial charge in [-0.1, -0.05) is 19.9 Å². The molecule has 7 heteroatoms. The highest BCUT2D eigenvalue weighted by atomic mass is 16.5. The van der Waals surface area contributed by atoms with Gasteiger partial charge in [-0.05, 0) is 44.4 Å². The zero-order valence-corrected chi connectivity index (χ0v) is 17.5. The molecule has 3 aromatic heterocycles. The van der Waals surface area contributed by atoms with E-state index in [1.165, 1.54) is 25.7 Å². The second kappa shape index (κ2) is 8.78. The number of anilines is 1. The number of methoxy groups -OCH3 is 1. The molecule has 29 heavy (non-hydrogen) atoms. The first-order chi connectivity index (χ1) is 14.3. The fourth-order valence-corrected chi connectivity index (χ4v) is 3.73. The maximum absolute atomic E-state index is 5.53. The van der Waals surface area contributed by atoms with Crippen molar-refractivity contribution < 1.29 is 4.74 Å². The minimum Gasteiger partial charge on any atom is -0.495 e. The molecule has 1 saturated heterocycles. The number of rotatable bonds is 5. The summed E-state index contributed by atoms with van der Waals surface area (Å²) in [6.07, 6.45) is 6.55. The molecule has 1 unspecified atom stereocenters. The lowest BCUT2D eigenvalue weighted by molar-refractivity contribution is 0.405. The van der Waals surface area contributed by atoms with Gasteiger partial charge in [0.2, 0.25) is 0 Å². The fourth-order valence-electron chi connectivity index (χ4n) is 3.73. The Morgan fingerprint density at radius 1 is 1.21 bits per heavy atom. The van der Waals surface area contributed by atoms with Crippen molar-refractivity contribution in [2.45, 2.75) is 51.5 Å². The Labute approximate surface area is 171 Å². The van der Waals surface area contributed by atoms with E-state index in [-0.39, 0.29) is 0 Å². The van der Waals surface area contributed by atoms with Gasteiger partial charge < -0.3 is 15.4 Å². The van der Waals surface area contributed by atoms with Crippen molar-refractivity contribution >= 4 is 11.5 Å². The molecular weight excluding hydrogens is 364 g/mol. The Hall–Kier alpha value is -2.67. The average molecular weight is 395 g/mol.